The summed E-state index contributed by atoms with van der Waals surface area (Å²) in [5.74, 6) is -0.0857. The number of nitrogens with zero attached hydrogens (tertiary/aromatic N) is 1. The maximum atomic E-state index is 11.8. The van der Waals surface area contributed by atoms with Crippen LogP contribution in [0.5, 0.6) is 0 Å². The third kappa shape index (κ3) is 4.00. The molecule has 1 saturated heterocycles. The average molecular weight is 252 g/mol. The fourth-order valence-corrected chi connectivity index (χ4v) is 2.92. The Morgan fingerprint density at radius 3 is 2.17 bits per heavy atom. The van der Waals surface area contributed by atoms with Crippen LogP contribution in [-0.4, -0.2) is 35.8 Å². The van der Waals surface area contributed by atoms with Gasteiger partial charge in [-0.05, 0) is 25.7 Å². The summed E-state index contributed by atoms with van der Waals surface area (Å²) < 4.78 is 0. The molecule has 4 nitrogen and oxygen atoms in total. The van der Waals surface area contributed by atoms with Crippen LogP contribution in [0.25, 0.3) is 0 Å². The fraction of sp³-hybridized carbons (Fsp3) is 0.857. The van der Waals surface area contributed by atoms with Gasteiger partial charge in [-0.2, -0.15) is 0 Å². The Morgan fingerprint density at radius 2 is 1.56 bits per heavy atom. The lowest BCUT2D eigenvalue weighted by atomic mass is 10.1. The van der Waals surface area contributed by atoms with Gasteiger partial charge >= 0.3 is 0 Å². The van der Waals surface area contributed by atoms with Crippen molar-refractivity contribution in [3.05, 3.63) is 0 Å². The summed E-state index contributed by atoms with van der Waals surface area (Å²) in [7, 11) is 0. The van der Waals surface area contributed by atoms with E-state index in [9.17, 15) is 9.59 Å². The summed E-state index contributed by atoms with van der Waals surface area (Å²) >= 11 is 0. The highest BCUT2D eigenvalue weighted by molar-refractivity contribution is 5.97. The molecule has 0 unspecified atom stereocenters. The van der Waals surface area contributed by atoms with E-state index in [4.69, 9.17) is 0 Å². The van der Waals surface area contributed by atoms with Gasteiger partial charge in [0.2, 0.25) is 11.8 Å². The molecular formula is C14H24N2O2. The zero-order chi connectivity index (χ0) is 12.8. The maximum absolute atomic E-state index is 11.8. The molecule has 1 saturated carbocycles. The molecule has 1 N–H and O–H groups in total. The van der Waals surface area contributed by atoms with Crippen LogP contribution in [-0.2, 0) is 9.59 Å². The largest absolute Gasteiger partial charge is 0.353 e. The number of rotatable bonds is 3. The molecule has 1 heterocycles. The first kappa shape index (κ1) is 13.4. The molecule has 18 heavy (non-hydrogen) atoms. The zero-order valence-corrected chi connectivity index (χ0v) is 11.1. The summed E-state index contributed by atoms with van der Waals surface area (Å²) in [4.78, 5) is 25.5. The molecule has 0 spiro atoms. The average Bonchev–Trinajstić information content (AvgIpc) is 2.76. The van der Waals surface area contributed by atoms with Crippen molar-refractivity contribution in [1.29, 1.82) is 0 Å². The Hall–Kier alpha value is -1.06. The molecule has 102 valence electrons. The van der Waals surface area contributed by atoms with E-state index in [1.165, 1.54) is 25.7 Å². The standard InChI is InChI=1S/C14H24N2O2/c17-13(11-14(18)16-9-5-6-10-16)15-12-7-3-1-2-4-8-12/h12H,1-11H2,(H,15,17). The van der Waals surface area contributed by atoms with E-state index in [1.54, 1.807) is 0 Å². The van der Waals surface area contributed by atoms with E-state index in [0.29, 0.717) is 6.04 Å². The smallest absolute Gasteiger partial charge is 0.232 e. The van der Waals surface area contributed by atoms with E-state index in [0.717, 1.165) is 38.8 Å². The first-order chi connectivity index (χ1) is 8.75. The minimum absolute atomic E-state index is 0.00128. The minimum atomic E-state index is -0.0844. The van der Waals surface area contributed by atoms with Crippen molar-refractivity contribution in [3.8, 4) is 0 Å². The monoisotopic (exact) mass is 252 g/mol. The predicted molar refractivity (Wildman–Crippen MR) is 70.1 cm³/mol. The fourth-order valence-electron chi connectivity index (χ4n) is 2.92. The van der Waals surface area contributed by atoms with Gasteiger partial charge in [0, 0.05) is 19.1 Å². The van der Waals surface area contributed by atoms with Gasteiger partial charge in [0.25, 0.3) is 0 Å². The molecule has 1 aliphatic heterocycles. The van der Waals surface area contributed by atoms with Crippen molar-refractivity contribution in [1.82, 2.24) is 10.2 Å². The Morgan fingerprint density at radius 1 is 0.944 bits per heavy atom. The molecule has 0 aromatic rings. The van der Waals surface area contributed by atoms with Crippen LogP contribution in [0.4, 0.5) is 0 Å². The van der Waals surface area contributed by atoms with E-state index in [1.807, 2.05) is 4.90 Å². The van der Waals surface area contributed by atoms with Crippen LogP contribution in [0.1, 0.15) is 57.8 Å². The predicted octanol–water partition coefficient (Wildman–Crippen LogP) is 1.84. The molecule has 2 aliphatic rings. The van der Waals surface area contributed by atoms with Gasteiger partial charge in [-0.1, -0.05) is 25.7 Å². The van der Waals surface area contributed by atoms with Crippen molar-refractivity contribution < 1.29 is 9.59 Å². The molecule has 0 aromatic heterocycles. The van der Waals surface area contributed by atoms with Crippen LogP contribution in [0.3, 0.4) is 0 Å². The highest BCUT2D eigenvalue weighted by atomic mass is 16.2. The van der Waals surface area contributed by atoms with Gasteiger partial charge in [-0.25, -0.2) is 0 Å². The number of nitrogens with one attached hydrogen (secondary N) is 1. The molecule has 0 bridgehead atoms. The normalized spacial score (nSPS) is 21.7. The molecule has 2 rings (SSSR count). The van der Waals surface area contributed by atoms with Crippen molar-refractivity contribution in [2.45, 2.75) is 63.8 Å². The van der Waals surface area contributed by atoms with Gasteiger partial charge in [-0.15, -0.1) is 0 Å². The summed E-state index contributed by atoms with van der Waals surface area (Å²) in [5.41, 5.74) is 0. The van der Waals surface area contributed by atoms with Crippen molar-refractivity contribution >= 4 is 11.8 Å². The van der Waals surface area contributed by atoms with Crippen molar-refractivity contribution in [3.63, 3.8) is 0 Å². The number of carbonyl (C=O) groups excluding carboxylic acids is 2. The van der Waals surface area contributed by atoms with Gasteiger partial charge in [0.05, 0.1) is 0 Å². The number of likely N-dealkylation sites (tertiary alicyclic amines) is 1. The molecule has 0 aromatic carbocycles. The van der Waals surface area contributed by atoms with Crippen molar-refractivity contribution in [2.75, 3.05) is 13.1 Å². The lowest BCUT2D eigenvalue weighted by Gasteiger charge is -2.18. The SMILES string of the molecule is O=C(CC(=O)N1CCCC1)NC1CCCCCC1. The van der Waals surface area contributed by atoms with Gasteiger partial charge in [0.15, 0.2) is 0 Å². The number of hydrogen-bond donors (Lipinski definition) is 1. The molecule has 2 amide bonds. The lowest BCUT2D eigenvalue weighted by Crippen LogP contribution is -2.38. The minimum Gasteiger partial charge on any atom is -0.353 e. The van der Waals surface area contributed by atoms with Crippen LogP contribution >= 0.6 is 0 Å². The van der Waals surface area contributed by atoms with Gasteiger partial charge in [0.1, 0.15) is 6.42 Å². The van der Waals surface area contributed by atoms with Crippen LogP contribution in [0.15, 0.2) is 0 Å². The van der Waals surface area contributed by atoms with E-state index >= 15 is 0 Å². The third-order valence-corrected chi connectivity index (χ3v) is 3.99. The molecule has 0 radical (unpaired) electrons. The quantitative estimate of drug-likeness (QED) is 0.615. The maximum Gasteiger partial charge on any atom is 0.232 e. The summed E-state index contributed by atoms with van der Waals surface area (Å²) in [6.45, 7) is 1.66. The Kier molecular flexibility index (Phi) is 5.02. The first-order valence-corrected chi connectivity index (χ1v) is 7.33. The van der Waals surface area contributed by atoms with Gasteiger partial charge < -0.3 is 10.2 Å². The van der Waals surface area contributed by atoms with E-state index in [-0.39, 0.29) is 18.2 Å². The second kappa shape index (κ2) is 6.76. The lowest BCUT2D eigenvalue weighted by molar-refractivity contribution is -0.135. The van der Waals surface area contributed by atoms with E-state index < -0.39 is 0 Å². The van der Waals surface area contributed by atoms with Crippen LogP contribution in [0, 0.1) is 0 Å². The molecule has 1 aliphatic carbocycles. The number of hydrogen-bond acceptors (Lipinski definition) is 2. The topological polar surface area (TPSA) is 49.4 Å². The second-order valence-electron chi connectivity index (χ2n) is 5.52. The molecule has 4 heteroatoms. The number of carbonyl (C=O) groups is 2. The van der Waals surface area contributed by atoms with Crippen LogP contribution in [0.2, 0.25) is 0 Å². The Labute approximate surface area is 109 Å². The zero-order valence-electron chi connectivity index (χ0n) is 11.1. The van der Waals surface area contributed by atoms with Crippen molar-refractivity contribution in [2.24, 2.45) is 0 Å². The highest BCUT2D eigenvalue weighted by Gasteiger charge is 2.22. The molecule has 0 atom stereocenters. The first-order valence-electron chi connectivity index (χ1n) is 7.33. The van der Waals surface area contributed by atoms with E-state index in [2.05, 4.69) is 5.32 Å². The Bertz CT molecular complexity index is 290. The number of amides is 2. The second-order valence-corrected chi connectivity index (χ2v) is 5.52. The van der Waals surface area contributed by atoms with Gasteiger partial charge in [-0.3, -0.25) is 9.59 Å². The highest BCUT2D eigenvalue weighted by Crippen LogP contribution is 2.17. The summed E-state index contributed by atoms with van der Waals surface area (Å²) in [5, 5.41) is 3.03. The molecular weight excluding hydrogens is 228 g/mol. The summed E-state index contributed by atoms with van der Waals surface area (Å²) in [6, 6.07) is 0.298. The van der Waals surface area contributed by atoms with Crippen LogP contribution < -0.4 is 5.32 Å². The third-order valence-electron chi connectivity index (χ3n) is 3.99. The summed E-state index contributed by atoms with van der Waals surface area (Å²) in [6.07, 6.45) is 9.30. The Balaban J connectivity index is 1.71. The molecule has 2 fully saturated rings.